The van der Waals surface area contributed by atoms with E-state index in [1.54, 1.807) is 0 Å². The summed E-state index contributed by atoms with van der Waals surface area (Å²) in [5.74, 6) is 0. The van der Waals surface area contributed by atoms with Crippen molar-refractivity contribution in [3.8, 4) is 22.3 Å². The second kappa shape index (κ2) is 11.3. The molecular weight excluding hydrogens is 410 g/mol. The Kier molecular flexibility index (Phi) is 7.53. The molecule has 1 heterocycles. The van der Waals surface area contributed by atoms with Crippen LogP contribution < -0.4 is 5.32 Å². The minimum atomic E-state index is 0.646. The Bertz CT molecular complexity index is 1040. The van der Waals surface area contributed by atoms with Crippen LogP contribution in [0.4, 0.5) is 0 Å². The predicted octanol–water partition coefficient (Wildman–Crippen LogP) is 8.10. The van der Waals surface area contributed by atoms with Crippen LogP contribution in [-0.2, 0) is 12.8 Å². The van der Waals surface area contributed by atoms with E-state index in [9.17, 15) is 0 Å². The normalized spacial score (nSPS) is 18.0. The van der Waals surface area contributed by atoms with Crippen molar-refractivity contribution in [2.45, 2.75) is 57.0 Å². The van der Waals surface area contributed by atoms with Crippen LogP contribution in [0.15, 0.2) is 109 Å². The summed E-state index contributed by atoms with van der Waals surface area (Å²) in [5, 5.41) is 3.97. The van der Waals surface area contributed by atoms with Gasteiger partial charge in [0.05, 0.1) is 0 Å². The summed E-state index contributed by atoms with van der Waals surface area (Å²) < 4.78 is 0. The van der Waals surface area contributed by atoms with Gasteiger partial charge in [-0.15, -0.1) is 0 Å². The van der Waals surface area contributed by atoms with Gasteiger partial charge in [0.1, 0.15) is 0 Å². The lowest BCUT2D eigenvalue weighted by molar-refractivity contribution is 0.297. The van der Waals surface area contributed by atoms with Crippen molar-refractivity contribution in [3.05, 3.63) is 120 Å². The maximum Gasteiger partial charge on any atom is 0.00728 e. The SMILES string of the molecule is c1ccc(-c2ccc(CCC3CCCC(CCc4ccc(-c5ccccc5)cc4)N3)cc2)cc1. The highest BCUT2D eigenvalue weighted by atomic mass is 15.0. The lowest BCUT2D eigenvalue weighted by atomic mass is 9.91. The van der Waals surface area contributed by atoms with Crippen molar-refractivity contribution in [1.82, 2.24) is 5.32 Å². The molecule has 0 amide bonds. The average molecular weight is 446 g/mol. The van der Waals surface area contributed by atoms with Crippen LogP contribution in [0.1, 0.15) is 43.2 Å². The van der Waals surface area contributed by atoms with E-state index in [0.29, 0.717) is 12.1 Å². The van der Waals surface area contributed by atoms with Crippen LogP contribution in [0.3, 0.4) is 0 Å². The molecule has 1 heteroatoms. The van der Waals surface area contributed by atoms with E-state index in [1.165, 1.54) is 65.5 Å². The second-order valence-corrected chi connectivity index (χ2v) is 9.69. The quantitative estimate of drug-likeness (QED) is 0.289. The van der Waals surface area contributed by atoms with E-state index < -0.39 is 0 Å². The first kappa shape index (κ1) is 22.6. The highest BCUT2D eigenvalue weighted by Gasteiger charge is 2.20. The molecule has 0 radical (unpaired) electrons. The van der Waals surface area contributed by atoms with Crippen molar-refractivity contribution in [1.29, 1.82) is 0 Å². The minimum Gasteiger partial charge on any atom is -0.311 e. The number of piperidine rings is 1. The molecule has 1 saturated heterocycles. The van der Waals surface area contributed by atoms with E-state index in [4.69, 9.17) is 0 Å². The molecule has 1 fully saturated rings. The van der Waals surface area contributed by atoms with Crippen molar-refractivity contribution in [2.75, 3.05) is 0 Å². The zero-order chi connectivity index (χ0) is 23.0. The molecule has 1 aliphatic rings. The maximum absolute atomic E-state index is 3.97. The first-order valence-corrected chi connectivity index (χ1v) is 12.9. The standard InChI is InChI=1S/C33H35N/c1-3-8-28(9-4-1)30-20-14-26(15-21-30)18-24-32-12-7-13-33(34-32)25-19-27-16-22-31(23-17-27)29-10-5-2-6-11-29/h1-6,8-11,14-17,20-23,32-34H,7,12-13,18-19,24-25H2. The summed E-state index contributed by atoms with van der Waals surface area (Å²) in [4.78, 5) is 0. The Labute approximate surface area is 204 Å². The van der Waals surface area contributed by atoms with E-state index in [-0.39, 0.29) is 0 Å². The van der Waals surface area contributed by atoms with Crippen LogP contribution in [0, 0.1) is 0 Å². The summed E-state index contributed by atoms with van der Waals surface area (Å²) in [6.07, 6.45) is 8.73. The number of hydrogen-bond acceptors (Lipinski definition) is 1. The van der Waals surface area contributed by atoms with Crippen molar-refractivity contribution in [2.24, 2.45) is 0 Å². The van der Waals surface area contributed by atoms with E-state index >= 15 is 0 Å². The lowest BCUT2D eigenvalue weighted by Gasteiger charge is -2.31. The highest BCUT2D eigenvalue weighted by molar-refractivity contribution is 5.64. The second-order valence-electron chi connectivity index (χ2n) is 9.69. The molecule has 1 aliphatic heterocycles. The molecule has 0 spiro atoms. The number of aryl methyl sites for hydroxylation is 2. The number of rotatable bonds is 8. The fraction of sp³-hybridized carbons (Fsp3) is 0.273. The molecule has 4 aromatic rings. The number of benzene rings is 4. The third kappa shape index (κ3) is 6.04. The first-order chi connectivity index (χ1) is 16.8. The zero-order valence-electron chi connectivity index (χ0n) is 20.0. The monoisotopic (exact) mass is 445 g/mol. The molecule has 0 saturated carbocycles. The van der Waals surface area contributed by atoms with E-state index in [1.807, 2.05) is 0 Å². The van der Waals surface area contributed by atoms with Crippen LogP contribution in [-0.4, -0.2) is 12.1 Å². The van der Waals surface area contributed by atoms with Crippen LogP contribution >= 0.6 is 0 Å². The predicted molar refractivity (Wildman–Crippen MR) is 145 cm³/mol. The third-order valence-corrected chi connectivity index (χ3v) is 7.26. The molecule has 1 nitrogen and oxygen atoms in total. The van der Waals surface area contributed by atoms with Gasteiger partial charge >= 0.3 is 0 Å². The van der Waals surface area contributed by atoms with Gasteiger partial charge in [0.25, 0.3) is 0 Å². The van der Waals surface area contributed by atoms with Gasteiger partial charge in [-0.05, 0) is 71.9 Å². The molecule has 2 unspecified atom stereocenters. The summed E-state index contributed by atoms with van der Waals surface area (Å²) in [6, 6.07) is 40.9. The molecule has 0 bridgehead atoms. The van der Waals surface area contributed by atoms with Crippen LogP contribution in [0.25, 0.3) is 22.3 Å². The minimum absolute atomic E-state index is 0.646. The van der Waals surface area contributed by atoms with Gasteiger partial charge in [-0.2, -0.15) is 0 Å². The maximum atomic E-state index is 3.97. The summed E-state index contributed by atoms with van der Waals surface area (Å²) in [5.41, 5.74) is 8.08. The smallest absolute Gasteiger partial charge is 0.00728 e. The van der Waals surface area contributed by atoms with Gasteiger partial charge in [0, 0.05) is 12.1 Å². The zero-order valence-corrected chi connectivity index (χ0v) is 20.0. The van der Waals surface area contributed by atoms with Gasteiger partial charge in [0.2, 0.25) is 0 Å². The lowest BCUT2D eigenvalue weighted by Crippen LogP contribution is -2.42. The van der Waals surface area contributed by atoms with Gasteiger partial charge in [-0.25, -0.2) is 0 Å². The summed E-state index contributed by atoms with van der Waals surface area (Å²) >= 11 is 0. The van der Waals surface area contributed by atoms with Gasteiger partial charge in [-0.1, -0.05) is 116 Å². The topological polar surface area (TPSA) is 12.0 Å². The summed E-state index contributed by atoms with van der Waals surface area (Å²) in [6.45, 7) is 0. The van der Waals surface area contributed by atoms with Gasteiger partial charge in [0.15, 0.2) is 0 Å². The Morgan fingerprint density at radius 1 is 0.471 bits per heavy atom. The molecule has 5 rings (SSSR count). The van der Waals surface area contributed by atoms with Crippen molar-refractivity contribution < 1.29 is 0 Å². The average Bonchev–Trinajstić information content (AvgIpc) is 2.93. The highest BCUT2D eigenvalue weighted by Crippen LogP contribution is 2.24. The molecule has 0 aromatic heterocycles. The molecule has 0 aliphatic carbocycles. The van der Waals surface area contributed by atoms with Crippen molar-refractivity contribution in [3.63, 3.8) is 0 Å². The third-order valence-electron chi connectivity index (χ3n) is 7.26. The largest absolute Gasteiger partial charge is 0.311 e. The molecule has 172 valence electrons. The number of hydrogen-bond donors (Lipinski definition) is 1. The fourth-order valence-corrected chi connectivity index (χ4v) is 5.24. The molecule has 2 atom stereocenters. The van der Waals surface area contributed by atoms with Gasteiger partial charge in [-0.3, -0.25) is 0 Å². The Balaban J connectivity index is 1.08. The van der Waals surface area contributed by atoms with Crippen LogP contribution in [0.2, 0.25) is 0 Å². The van der Waals surface area contributed by atoms with Crippen molar-refractivity contribution >= 4 is 0 Å². The molecule has 4 aromatic carbocycles. The fourth-order valence-electron chi connectivity index (χ4n) is 5.24. The Morgan fingerprint density at radius 2 is 0.853 bits per heavy atom. The van der Waals surface area contributed by atoms with E-state index in [0.717, 1.165) is 12.8 Å². The molecule has 1 N–H and O–H groups in total. The number of nitrogens with one attached hydrogen (secondary N) is 1. The summed E-state index contributed by atoms with van der Waals surface area (Å²) in [7, 11) is 0. The van der Waals surface area contributed by atoms with Crippen LogP contribution in [0.5, 0.6) is 0 Å². The first-order valence-electron chi connectivity index (χ1n) is 12.9. The van der Waals surface area contributed by atoms with E-state index in [2.05, 4.69) is 115 Å². The molecule has 34 heavy (non-hydrogen) atoms. The Hall–Kier alpha value is -3.16. The Morgan fingerprint density at radius 3 is 1.26 bits per heavy atom. The van der Waals surface area contributed by atoms with Gasteiger partial charge < -0.3 is 5.32 Å². The molecular formula is C33H35N.